The third kappa shape index (κ3) is 3.18. The highest BCUT2D eigenvalue weighted by Gasteiger charge is 2.28. The summed E-state index contributed by atoms with van der Waals surface area (Å²) in [5.41, 5.74) is 3.30. The molecule has 1 aromatic rings. The minimum atomic E-state index is 0. The second kappa shape index (κ2) is 7.17. The van der Waals surface area contributed by atoms with Gasteiger partial charge in [0.25, 0.3) is 5.91 Å². The molecule has 21 heavy (non-hydrogen) atoms. The Hall–Kier alpha value is -1.22. The van der Waals surface area contributed by atoms with Crippen LogP contribution in [0.3, 0.4) is 0 Å². The van der Waals surface area contributed by atoms with Crippen molar-refractivity contribution in [2.24, 2.45) is 0 Å². The van der Waals surface area contributed by atoms with Gasteiger partial charge in [-0.05, 0) is 50.3 Å². The second-order valence-electron chi connectivity index (χ2n) is 5.89. The molecule has 1 saturated carbocycles. The van der Waals surface area contributed by atoms with Gasteiger partial charge in [-0.25, -0.2) is 0 Å². The number of rotatable bonds is 3. The molecule has 1 N–H and O–H groups in total. The lowest BCUT2D eigenvalue weighted by atomic mass is 9.96. The van der Waals surface area contributed by atoms with E-state index in [1.807, 2.05) is 12.1 Å². The van der Waals surface area contributed by atoms with E-state index < -0.39 is 0 Å². The monoisotopic (exact) mass is 308 g/mol. The fraction of sp³-hybridized carbons (Fsp3) is 0.588. The summed E-state index contributed by atoms with van der Waals surface area (Å²) in [6.07, 6.45) is 7.02. The van der Waals surface area contributed by atoms with Crippen LogP contribution in [0.2, 0.25) is 0 Å². The number of hydrogen-bond donors (Lipinski definition) is 1. The molecule has 1 aliphatic carbocycles. The Morgan fingerprint density at radius 1 is 1.29 bits per heavy atom. The molecule has 0 atom stereocenters. The number of fused-ring (bicyclic) bond motifs is 1. The van der Waals surface area contributed by atoms with Gasteiger partial charge in [-0.3, -0.25) is 4.79 Å². The van der Waals surface area contributed by atoms with E-state index in [9.17, 15) is 4.79 Å². The third-order valence-corrected chi connectivity index (χ3v) is 4.69. The van der Waals surface area contributed by atoms with Crippen LogP contribution in [0.1, 0.15) is 54.9 Å². The maximum absolute atomic E-state index is 12.9. The minimum Gasteiger partial charge on any atom is -0.385 e. The average molecular weight is 309 g/mol. The molecule has 1 amide bonds. The van der Waals surface area contributed by atoms with E-state index >= 15 is 0 Å². The zero-order chi connectivity index (χ0) is 13.9. The van der Waals surface area contributed by atoms with Crippen molar-refractivity contribution in [2.45, 2.75) is 51.5 Å². The lowest BCUT2D eigenvalue weighted by molar-refractivity contribution is 0.0692. The molecule has 0 bridgehead atoms. The van der Waals surface area contributed by atoms with Crippen molar-refractivity contribution < 1.29 is 4.79 Å². The van der Waals surface area contributed by atoms with Crippen molar-refractivity contribution >= 4 is 24.0 Å². The van der Waals surface area contributed by atoms with Gasteiger partial charge in [-0.15, -0.1) is 12.4 Å². The first-order valence-electron chi connectivity index (χ1n) is 7.98. The fourth-order valence-electron chi connectivity index (χ4n) is 3.65. The Labute approximate surface area is 133 Å². The molecule has 1 heterocycles. The second-order valence-corrected chi connectivity index (χ2v) is 5.89. The van der Waals surface area contributed by atoms with Crippen LogP contribution in [0.5, 0.6) is 0 Å². The van der Waals surface area contributed by atoms with Crippen LogP contribution in [0.4, 0.5) is 5.69 Å². The predicted octanol–water partition coefficient (Wildman–Crippen LogP) is 3.87. The molecule has 0 radical (unpaired) electrons. The number of halogens is 1. The molecule has 1 aliphatic heterocycles. The summed E-state index contributed by atoms with van der Waals surface area (Å²) in [5.74, 6) is 0.236. The molecule has 2 aliphatic rings. The van der Waals surface area contributed by atoms with E-state index in [-0.39, 0.29) is 18.3 Å². The summed E-state index contributed by atoms with van der Waals surface area (Å²) in [6, 6.07) is 6.57. The molecule has 3 rings (SSSR count). The number of anilines is 1. The fourth-order valence-corrected chi connectivity index (χ4v) is 3.65. The lowest BCUT2D eigenvalue weighted by Crippen LogP contribution is -2.39. The zero-order valence-corrected chi connectivity index (χ0v) is 13.5. The molecule has 0 unspecified atom stereocenters. The molecule has 0 aromatic heterocycles. The van der Waals surface area contributed by atoms with Gasteiger partial charge in [-0.1, -0.05) is 18.9 Å². The summed E-state index contributed by atoms with van der Waals surface area (Å²) < 4.78 is 0. The van der Waals surface area contributed by atoms with Gasteiger partial charge in [0.1, 0.15) is 0 Å². The highest BCUT2D eigenvalue weighted by Crippen LogP contribution is 2.29. The molecule has 4 heteroatoms. The first-order chi connectivity index (χ1) is 9.81. The van der Waals surface area contributed by atoms with E-state index in [0.29, 0.717) is 6.04 Å². The number of nitrogens with zero attached hydrogens (tertiary/aromatic N) is 1. The van der Waals surface area contributed by atoms with Crippen LogP contribution in [0.25, 0.3) is 0 Å². The van der Waals surface area contributed by atoms with Crippen molar-refractivity contribution in [2.75, 3.05) is 18.4 Å². The quantitative estimate of drug-likeness (QED) is 0.919. The number of benzene rings is 1. The average Bonchev–Trinajstić information content (AvgIpc) is 3.01. The molecular formula is C17H25ClN2O. The number of nitrogens with one attached hydrogen (secondary N) is 1. The Kier molecular flexibility index (Phi) is 5.51. The minimum absolute atomic E-state index is 0. The zero-order valence-electron chi connectivity index (χ0n) is 12.7. The maximum atomic E-state index is 12.9. The predicted molar refractivity (Wildman–Crippen MR) is 89.5 cm³/mol. The molecule has 0 saturated heterocycles. The number of carbonyl (C=O) groups is 1. The van der Waals surface area contributed by atoms with Crippen LogP contribution in [-0.2, 0) is 6.42 Å². The third-order valence-electron chi connectivity index (χ3n) is 4.69. The standard InChI is InChI=1S/C17H24N2O.ClH/c1-2-19(13-7-3-4-8-13)17(20)15-9-5-11-16-14(15)10-6-12-18-16;/h5,9,11,13,18H,2-4,6-8,10,12H2,1H3;1H. The maximum Gasteiger partial charge on any atom is 0.254 e. The molecule has 0 spiro atoms. The molecular weight excluding hydrogens is 284 g/mol. The largest absolute Gasteiger partial charge is 0.385 e. The number of amides is 1. The van der Waals surface area contributed by atoms with E-state index in [2.05, 4.69) is 23.2 Å². The van der Waals surface area contributed by atoms with Gasteiger partial charge in [0, 0.05) is 30.4 Å². The van der Waals surface area contributed by atoms with Crippen LogP contribution in [0, 0.1) is 0 Å². The van der Waals surface area contributed by atoms with Crippen LogP contribution >= 0.6 is 12.4 Å². The summed E-state index contributed by atoms with van der Waals surface area (Å²) in [5, 5.41) is 3.41. The van der Waals surface area contributed by atoms with E-state index in [1.165, 1.54) is 31.2 Å². The smallest absolute Gasteiger partial charge is 0.254 e. The van der Waals surface area contributed by atoms with Gasteiger partial charge in [0.05, 0.1) is 0 Å². The Morgan fingerprint density at radius 3 is 2.76 bits per heavy atom. The first kappa shape index (κ1) is 16.2. The Morgan fingerprint density at radius 2 is 2.05 bits per heavy atom. The lowest BCUT2D eigenvalue weighted by Gasteiger charge is -2.30. The summed E-state index contributed by atoms with van der Waals surface area (Å²) >= 11 is 0. The number of hydrogen-bond acceptors (Lipinski definition) is 2. The van der Waals surface area contributed by atoms with Crippen LogP contribution in [0.15, 0.2) is 18.2 Å². The number of carbonyl (C=O) groups excluding carboxylic acids is 1. The van der Waals surface area contributed by atoms with Crippen molar-refractivity contribution in [3.8, 4) is 0 Å². The van der Waals surface area contributed by atoms with Gasteiger partial charge in [0.2, 0.25) is 0 Å². The van der Waals surface area contributed by atoms with E-state index in [4.69, 9.17) is 0 Å². The van der Waals surface area contributed by atoms with Crippen LogP contribution < -0.4 is 5.32 Å². The highest BCUT2D eigenvalue weighted by molar-refractivity contribution is 5.97. The topological polar surface area (TPSA) is 32.3 Å². The normalized spacial score (nSPS) is 17.6. The summed E-state index contributed by atoms with van der Waals surface area (Å²) in [7, 11) is 0. The molecule has 116 valence electrons. The van der Waals surface area contributed by atoms with Crippen molar-refractivity contribution in [1.29, 1.82) is 0 Å². The Bertz CT molecular complexity index is 498. The van der Waals surface area contributed by atoms with Gasteiger partial charge in [0.15, 0.2) is 0 Å². The van der Waals surface area contributed by atoms with Crippen molar-refractivity contribution in [1.82, 2.24) is 4.90 Å². The van der Waals surface area contributed by atoms with Crippen molar-refractivity contribution in [3.05, 3.63) is 29.3 Å². The van der Waals surface area contributed by atoms with Crippen molar-refractivity contribution in [3.63, 3.8) is 0 Å². The summed E-state index contributed by atoms with van der Waals surface area (Å²) in [4.78, 5) is 15.0. The SMILES string of the molecule is CCN(C(=O)c1cccc2c1CCCN2)C1CCCC1.Cl. The molecule has 1 fully saturated rings. The van der Waals surface area contributed by atoms with E-state index in [0.717, 1.165) is 37.2 Å². The van der Waals surface area contributed by atoms with Crippen LogP contribution in [-0.4, -0.2) is 29.9 Å². The van der Waals surface area contributed by atoms with E-state index in [1.54, 1.807) is 0 Å². The highest BCUT2D eigenvalue weighted by atomic mass is 35.5. The molecule has 1 aromatic carbocycles. The summed E-state index contributed by atoms with van der Waals surface area (Å²) in [6.45, 7) is 3.94. The Balaban J connectivity index is 0.00000161. The van der Waals surface area contributed by atoms with Gasteiger partial charge in [-0.2, -0.15) is 0 Å². The van der Waals surface area contributed by atoms with Gasteiger partial charge >= 0.3 is 0 Å². The first-order valence-corrected chi connectivity index (χ1v) is 7.98. The molecule has 3 nitrogen and oxygen atoms in total. The van der Waals surface area contributed by atoms with Gasteiger partial charge < -0.3 is 10.2 Å².